The molecule has 0 aliphatic carbocycles. The molecule has 1 amide bonds. The molecule has 0 radical (unpaired) electrons. The number of nitrogens with zero attached hydrogens (tertiary/aromatic N) is 2. The first-order valence-corrected chi connectivity index (χ1v) is 9.76. The number of amides is 1. The van der Waals surface area contributed by atoms with Crippen LogP contribution in [0.25, 0.3) is 10.9 Å². The minimum Gasteiger partial charge on any atom is -0.340 e. The average molecular weight is 399 g/mol. The zero-order valence-corrected chi connectivity index (χ0v) is 16.9. The molecule has 4 nitrogen and oxygen atoms in total. The van der Waals surface area contributed by atoms with Gasteiger partial charge in [-0.25, -0.2) is 9.82 Å². The maximum Gasteiger partial charge on any atom is 0.271 e. The summed E-state index contributed by atoms with van der Waals surface area (Å²) in [6, 6.07) is 22.0. The van der Waals surface area contributed by atoms with E-state index < -0.39 is 0 Å². The lowest BCUT2D eigenvalue weighted by Crippen LogP contribution is -2.18. The monoisotopic (exact) mass is 399 g/mol. The smallest absolute Gasteiger partial charge is 0.271 e. The van der Waals surface area contributed by atoms with Gasteiger partial charge in [-0.15, -0.1) is 0 Å². The van der Waals surface area contributed by atoms with Crippen molar-refractivity contribution in [2.45, 2.75) is 20.4 Å². The summed E-state index contributed by atoms with van der Waals surface area (Å²) < 4.78 is 15.4. The van der Waals surface area contributed by atoms with Crippen LogP contribution in [-0.4, -0.2) is 16.7 Å². The first-order valence-electron chi connectivity index (χ1n) is 9.76. The predicted molar refractivity (Wildman–Crippen MR) is 118 cm³/mol. The highest BCUT2D eigenvalue weighted by molar-refractivity contribution is 6.02. The van der Waals surface area contributed by atoms with Crippen LogP contribution in [0.5, 0.6) is 0 Å². The molecule has 0 saturated carbocycles. The van der Waals surface area contributed by atoms with Crippen molar-refractivity contribution in [3.63, 3.8) is 0 Å². The molecule has 0 spiro atoms. The van der Waals surface area contributed by atoms with Crippen LogP contribution < -0.4 is 5.43 Å². The van der Waals surface area contributed by atoms with Crippen LogP contribution in [0.1, 0.15) is 32.7 Å². The summed E-state index contributed by atoms with van der Waals surface area (Å²) in [7, 11) is 0. The Hall–Kier alpha value is -3.73. The van der Waals surface area contributed by atoms with Gasteiger partial charge in [0.15, 0.2) is 0 Å². The van der Waals surface area contributed by atoms with Crippen LogP contribution >= 0.6 is 0 Å². The van der Waals surface area contributed by atoms with Gasteiger partial charge in [0, 0.05) is 34.3 Å². The Morgan fingerprint density at radius 1 is 1.00 bits per heavy atom. The second kappa shape index (κ2) is 8.33. The lowest BCUT2D eigenvalue weighted by Gasteiger charge is -2.09. The molecule has 4 rings (SSSR count). The zero-order chi connectivity index (χ0) is 21.1. The Balaban J connectivity index is 1.63. The minimum absolute atomic E-state index is 0.239. The third kappa shape index (κ3) is 3.87. The van der Waals surface area contributed by atoms with Gasteiger partial charge in [0.2, 0.25) is 0 Å². The van der Waals surface area contributed by atoms with E-state index in [-0.39, 0.29) is 11.7 Å². The fourth-order valence-electron chi connectivity index (χ4n) is 3.64. The number of hydrogen-bond acceptors (Lipinski definition) is 2. The highest BCUT2D eigenvalue weighted by atomic mass is 19.1. The summed E-state index contributed by atoms with van der Waals surface area (Å²) in [5.74, 6) is -0.484. The molecule has 1 aromatic heterocycles. The second-order valence-electron chi connectivity index (χ2n) is 7.24. The molecule has 3 aromatic carbocycles. The number of aryl methyl sites for hydroxylation is 1. The molecule has 0 fully saturated rings. The molecule has 0 aliphatic rings. The fraction of sp³-hybridized carbons (Fsp3) is 0.120. The van der Waals surface area contributed by atoms with E-state index in [9.17, 15) is 9.18 Å². The number of para-hydroxylation sites is 1. The van der Waals surface area contributed by atoms with Crippen LogP contribution in [0.3, 0.4) is 0 Å². The van der Waals surface area contributed by atoms with Crippen LogP contribution in [0.4, 0.5) is 4.39 Å². The van der Waals surface area contributed by atoms with Crippen LogP contribution in [0.15, 0.2) is 77.9 Å². The van der Waals surface area contributed by atoms with E-state index in [1.807, 2.05) is 50.2 Å². The first kappa shape index (κ1) is 19.6. The van der Waals surface area contributed by atoms with Crippen molar-refractivity contribution in [1.82, 2.24) is 9.99 Å². The van der Waals surface area contributed by atoms with Crippen molar-refractivity contribution in [1.29, 1.82) is 0 Å². The summed E-state index contributed by atoms with van der Waals surface area (Å²) in [5, 5.41) is 5.26. The average Bonchev–Trinajstić information content (AvgIpc) is 3.01. The van der Waals surface area contributed by atoms with E-state index in [1.165, 1.54) is 12.1 Å². The van der Waals surface area contributed by atoms with Gasteiger partial charge < -0.3 is 4.57 Å². The molecule has 1 heterocycles. The van der Waals surface area contributed by atoms with E-state index >= 15 is 0 Å². The van der Waals surface area contributed by atoms with Crippen molar-refractivity contribution < 1.29 is 9.18 Å². The Kier molecular flexibility index (Phi) is 5.44. The summed E-state index contributed by atoms with van der Waals surface area (Å²) >= 11 is 0. The number of carbonyl (C=O) groups excluding carboxylic acids is 1. The van der Waals surface area contributed by atoms with Gasteiger partial charge in [0.25, 0.3) is 5.91 Å². The van der Waals surface area contributed by atoms with Crippen molar-refractivity contribution >= 4 is 23.0 Å². The van der Waals surface area contributed by atoms with E-state index in [1.54, 1.807) is 24.4 Å². The molecule has 30 heavy (non-hydrogen) atoms. The Morgan fingerprint density at radius 2 is 1.70 bits per heavy atom. The second-order valence-corrected chi connectivity index (χ2v) is 7.24. The number of hydrogen-bond donors (Lipinski definition) is 1. The van der Waals surface area contributed by atoms with Gasteiger partial charge in [-0.2, -0.15) is 5.10 Å². The standard InChI is InChI=1S/C25H22FN3O/c1-17-7-3-4-8-21(17)25(30)28-27-15-23-18(2)29(24-10-6-5-9-22(23)24)16-19-11-13-20(26)14-12-19/h3-15H,16H2,1-2H3,(H,28,30)/b27-15+. The van der Waals surface area contributed by atoms with Gasteiger partial charge in [0.05, 0.1) is 6.21 Å². The van der Waals surface area contributed by atoms with Gasteiger partial charge in [0.1, 0.15) is 5.82 Å². The van der Waals surface area contributed by atoms with Gasteiger partial charge in [-0.1, -0.05) is 48.5 Å². The Morgan fingerprint density at radius 3 is 2.47 bits per heavy atom. The van der Waals surface area contributed by atoms with Gasteiger partial charge >= 0.3 is 0 Å². The molecule has 150 valence electrons. The molecule has 0 saturated heterocycles. The van der Waals surface area contributed by atoms with Crippen LogP contribution in [0, 0.1) is 19.7 Å². The summed E-state index contributed by atoms with van der Waals surface area (Å²) in [4.78, 5) is 12.4. The lowest BCUT2D eigenvalue weighted by molar-refractivity contribution is 0.0954. The van der Waals surface area contributed by atoms with Crippen molar-refractivity contribution in [3.8, 4) is 0 Å². The Bertz CT molecular complexity index is 1240. The molecule has 0 unspecified atom stereocenters. The van der Waals surface area contributed by atoms with E-state index in [0.29, 0.717) is 12.1 Å². The normalized spacial score (nSPS) is 11.3. The minimum atomic E-state index is -0.245. The third-order valence-electron chi connectivity index (χ3n) is 5.28. The first-order chi connectivity index (χ1) is 14.5. The molecule has 4 aromatic rings. The van der Waals surface area contributed by atoms with E-state index in [0.717, 1.165) is 33.3 Å². The highest BCUT2D eigenvalue weighted by Crippen LogP contribution is 2.25. The number of benzene rings is 3. The van der Waals surface area contributed by atoms with E-state index in [2.05, 4.69) is 21.2 Å². The predicted octanol–water partition coefficient (Wildman–Crippen LogP) is 5.21. The van der Waals surface area contributed by atoms with Crippen molar-refractivity contribution in [3.05, 3.63) is 107 Å². The number of fused-ring (bicyclic) bond motifs is 1. The maximum atomic E-state index is 13.3. The van der Waals surface area contributed by atoms with Crippen LogP contribution in [0.2, 0.25) is 0 Å². The van der Waals surface area contributed by atoms with E-state index in [4.69, 9.17) is 0 Å². The Labute approximate surface area is 174 Å². The van der Waals surface area contributed by atoms with Crippen LogP contribution in [-0.2, 0) is 6.54 Å². The molecule has 0 atom stereocenters. The summed E-state index contributed by atoms with van der Waals surface area (Å²) in [6.45, 7) is 4.54. The van der Waals surface area contributed by atoms with Gasteiger partial charge in [-0.3, -0.25) is 4.79 Å². The molecule has 0 aliphatic heterocycles. The number of carbonyl (C=O) groups is 1. The molecule has 1 N–H and O–H groups in total. The SMILES string of the molecule is Cc1ccccc1C(=O)N/N=C/c1c(C)n(Cc2ccc(F)cc2)c2ccccc12. The number of rotatable bonds is 5. The third-order valence-corrected chi connectivity index (χ3v) is 5.28. The summed E-state index contributed by atoms with van der Waals surface area (Å²) in [5.41, 5.74) is 8.16. The lowest BCUT2D eigenvalue weighted by atomic mass is 10.1. The molecular formula is C25H22FN3O. The molecule has 0 bridgehead atoms. The zero-order valence-electron chi connectivity index (χ0n) is 16.9. The molecule has 5 heteroatoms. The fourth-order valence-corrected chi connectivity index (χ4v) is 3.64. The number of nitrogens with one attached hydrogen (secondary N) is 1. The van der Waals surface area contributed by atoms with Crippen molar-refractivity contribution in [2.24, 2.45) is 5.10 Å². The maximum absolute atomic E-state index is 13.3. The van der Waals surface area contributed by atoms with Gasteiger partial charge in [-0.05, 0) is 49.2 Å². The number of hydrazone groups is 1. The quantitative estimate of drug-likeness (QED) is 0.363. The number of halogens is 1. The highest BCUT2D eigenvalue weighted by Gasteiger charge is 2.13. The largest absolute Gasteiger partial charge is 0.340 e. The topological polar surface area (TPSA) is 46.4 Å². The number of aromatic nitrogens is 1. The molecular weight excluding hydrogens is 377 g/mol. The summed E-state index contributed by atoms with van der Waals surface area (Å²) in [6.07, 6.45) is 1.69. The van der Waals surface area contributed by atoms with Crippen molar-refractivity contribution in [2.75, 3.05) is 0 Å².